The molecule has 3 aromatic carbocycles. The topological polar surface area (TPSA) is 38.3 Å². The fourth-order valence-electron chi connectivity index (χ4n) is 2.30. The molecule has 3 rings (SSSR count). The quantitative estimate of drug-likeness (QED) is 0.600. The van der Waals surface area contributed by atoms with Gasteiger partial charge in [0, 0.05) is 0 Å². The highest BCUT2D eigenvalue weighted by Gasteiger charge is 2.10. The smallest absolute Gasteiger partial charge is 0.228 e. The first-order valence-electron chi connectivity index (χ1n) is 7.67. The molecular weight excluding hydrogens is 357 g/mol. The first-order valence-corrected chi connectivity index (χ1v) is 8.43. The van der Waals surface area contributed by atoms with Crippen molar-refractivity contribution in [3.05, 3.63) is 88.4 Å². The Bertz CT molecular complexity index is 882. The summed E-state index contributed by atoms with van der Waals surface area (Å²) in [5.41, 5.74) is 1.39. The Labute approximate surface area is 156 Å². The lowest BCUT2D eigenvalue weighted by atomic mass is 10.1. The van der Waals surface area contributed by atoms with Crippen molar-refractivity contribution in [2.24, 2.45) is 0 Å². The third kappa shape index (κ3) is 4.75. The van der Waals surface area contributed by atoms with Gasteiger partial charge in [-0.2, -0.15) is 0 Å². The molecule has 0 aliphatic heterocycles. The number of hydrogen-bond acceptors (Lipinski definition) is 2. The number of halogens is 2. The van der Waals surface area contributed by atoms with Gasteiger partial charge in [0.05, 0.1) is 22.2 Å². The summed E-state index contributed by atoms with van der Waals surface area (Å²) in [5.74, 6) is 1.12. The van der Waals surface area contributed by atoms with E-state index in [0.29, 0.717) is 27.2 Å². The van der Waals surface area contributed by atoms with Crippen LogP contribution in [0.1, 0.15) is 5.56 Å². The molecule has 0 saturated heterocycles. The molecular formula is C20H15Cl2NO2. The maximum atomic E-state index is 12.3. The lowest BCUT2D eigenvalue weighted by molar-refractivity contribution is -0.115. The van der Waals surface area contributed by atoms with Crippen molar-refractivity contribution in [1.82, 2.24) is 0 Å². The van der Waals surface area contributed by atoms with Crippen molar-refractivity contribution < 1.29 is 9.53 Å². The summed E-state index contributed by atoms with van der Waals surface area (Å²) in [5, 5.41) is 3.77. The van der Waals surface area contributed by atoms with E-state index >= 15 is 0 Å². The Morgan fingerprint density at radius 1 is 0.880 bits per heavy atom. The molecule has 0 bridgehead atoms. The standard InChI is InChI=1S/C20H15Cl2NO2/c21-16-11-10-14(12-17(16)22)13-20(24)23-18-8-4-5-9-19(18)25-15-6-2-1-3-7-15/h1-12H,13H2,(H,23,24). The molecule has 0 fully saturated rings. The van der Waals surface area contributed by atoms with Gasteiger partial charge in [0.1, 0.15) is 5.75 Å². The van der Waals surface area contributed by atoms with Crippen LogP contribution in [-0.4, -0.2) is 5.91 Å². The van der Waals surface area contributed by atoms with Gasteiger partial charge in [-0.3, -0.25) is 4.79 Å². The largest absolute Gasteiger partial charge is 0.455 e. The van der Waals surface area contributed by atoms with Gasteiger partial charge in [0.25, 0.3) is 0 Å². The van der Waals surface area contributed by atoms with Crippen molar-refractivity contribution in [3.63, 3.8) is 0 Å². The zero-order chi connectivity index (χ0) is 17.6. The van der Waals surface area contributed by atoms with Crippen molar-refractivity contribution >= 4 is 34.8 Å². The molecule has 3 nitrogen and oxygen atoms in total. The summed E-state index contributed by atoms with van der Waals surface area (Å²) in [6, 6.07) is 21.9. The van der Waals surface area contributed by atoms with E-state index < -0.39 is 0 Å². The second-order valence-electron chi connectivity index (χ2n) is 5.38. The van der Waals surface area contributed by atoms with Crippen molar-refractivity contribution in [3.8, 4) is 11.5 Å². The van der Waals surface area contributed by atoms with Crippen LogP contribution >= 0.6 is 23.2 Å². The van der Waals surface area contributed by atoms with Crippen LogP contribution in [0, 0.1) is 0 Å². The molecule has 0 spiro atoms. The molecule has 0 atom stereocenters. The third-order valence-electron chi connectivity index (χ3n) is 3.48. The van der Waals surface area contributed by atoms with Gasteiger partial charge in [0.2, 0.25) is 5.91 Å². The van der Waals surface area contributed by atoms with E-state index in [0.717, 1.165) is 5.56 Å². The van der Waals surface area contributed by atoms with E-state index in [-0.39, 0.29) is 12.3 Å². The molecule has 0 aliphatic carbocycles. The number of anilines is 1. The fraction of sp³-hybridized carbons (Fsp3) is 0.0500. The van der Waals surface area contributed by atoms with Crippen LogP contribution in [0.15, 0.2) is 72.8 Å². The summed E-state index contributed by atoms with van der Waals surface area (Å²) in [6.07, 6.45) is 0.191. The summed E-state index contributed by atoms with van der Waals surface area (Å²) in [7, 11) is 0. The number of carbonyl (C=O) groups excluding carboxylic acids is 1. The molecule has 0 radical (unpaired) electrons. The minimum Gasteiger partial charge on any atom is -0.455 e. The van der Waals surface area contributed by atoms with Crippen LogP contribution < -0.4 is 10.1 Å². The fourth-order valence-corrected chi connectivity index (χ4v) is 2.62. The molecule has 126 valence electrons. The predicted molar refractivity (Wildman–Crippen MR) is 102 cm³/mol. The zero-order valence-electron chi connectivity index (χ0n) is 13.2. The summed E-state index contributed by atoms with van der Waals surface area (Å²) >= 11 is 11.9. The second kappa shape index (κ2) is 8.06. The maximum absolute atomic E-state index is 12.3. The molecule has 0 saturated carbocycles. The number of hydrogen-bond donors (Lipinski definition) is 1. The first-order chi connectivity index (χ1) is 12.1. The number of carbonyl (C=O) groups is 1. The minimum atomic E-state index is -0.164. The first kappa shape index (κ1) is 17.3. The molecule has 5 heteroatoms. The van der Waals surface area contributed by atoms with Crippen LogP contribution in [0.2, 0.25) is 10.0 Å². The predicted octanol–water partition coefficient (Wildman–Crippen LogP) is 5.97. The van der Waals surface area contributed by atoms with Gasteiger partial charge in [0.15, 0.2) is 5.75 Å². The summed E-state index contributed by atoms with van der Waals surface area (Å²) < 4.78 is 5.84. The SMILES string of the molecule is O=C(Cc1ccc(Cl)c(Cl)c1)Nc1ccccc1Oc1ccccc1. The van der Waals surface area contributed by atoms with Gasteiger partial charge >= 0.3 is 0 Å². The van der Waals surface area contributed by atoms with Crippen molar-refractivity contribution in [2.75, 3.05) is 5.32 Å². The summed E-state index contributed by atoms with van der Waals surface area (Å²) in [4.78, 5) is 12.3. The maximum Gasteiger partial charge on any atom is 0.228 e. The van der Waals surface area contributed by atoms with Crippen LogP contribution in [0.4, 0.5) is 5.69 Å². The van der Waals surface area contributed by atoms with Crippen LogP contribution in [0.25, 0.3) is 0 Å². The van der Waals surface area contributed by atoms with Gasteiger partial charge < -0.3 is 10.1 Å². The van der Waals surface area contributed by atoms with Crippen LogP contribution in [-0.2, 0) is 11.2 Å². The molecule has 3 aromatic rings. The lowest BCUT2D eigenvalue weighted by Gasteiger charge is -2.12. The van der Waals surface area contributed by atoms with Gasteiger partial charge in [-0.1, -0.05) is 59.6 Å². The average molecular weight is 372 g/mol. The molecule has 25 heavy (non-hydrogen) atoms. The highest BCUT2D eigenvalue weighted by atomic mass is 35.5. The third-order valence-corrected chi connectivity index (χ3v) is 4.22. The van der Waals surface area contributed by atoms with E-state index in [1.165, 1.54) is 0 Å². The van der Waals surface area contributed by atoms with E-state index in [2.05, 4.69) is 5.32 Å². The highest BCUT2D eigenvalue weighted by Crippen LogP contribution is 2.29. The molecule has 1 N–H and O–H groups in total. The normalized spacial score (nSPS) is 10.3. The van der Waals surface area contributed by atoms with E-state index in [9.17, 15) is 4.79 Å². The monoisotopic (exact) mass is 371 g/mol. The number of rotatable bonds is 5. The van der Waals surface area contributed by atoms with Gasteiger partial charge in [-0.25, -0.2) is 0 Å². The van der Waals surface area contributed by atoms with Crippen LogP contribution in [0.3, 0.4) is 0 Å². The number of amides is 1. The minimum absolute atomic E-state index is 0.164. The van der Waals surface area contributed by atoms with E-state index in [4.69, 9.17) is 27.9 Å². The van der Waals surface area contributed by atoms with Crippen molar-refractivity contribution in [1.29, 1.82) is 0 Å². The lowest BCUT2D eigenvalue weighted by Crippen LogP contribution is -2.14. The average Bonchev–Trinajstić information content (AvgIpc) is 2.61. The molecule has 0 unspecified atom stereocenters. The molecule has 0 heterocycles. The Kier molecular flexibility index (Phi) is 5.59. The zero-order valence-corrected chi connectivity index (χ0v) is 14.7. The van der Waals surface area contributed by atoms with Gasteiger partial charge in [-0.05, 0) is 42.0 Å². The number of benzene rings is 3. The number of para-hydroxylation sites is 3. The van der Waals surface area contributed by atoms with Crippen LogP contribution in [0.5, 0.6) is 11.5 Å². The van der Waals surface area contributed by atoms with Crippen molar-refractivity contribution in [2.45, 2.75) is 6.42 Å². The molecule has 0 aromatic heterocycles. The molecule has 1 amide bonds. The van der Waals surface area contributed by atoms with E-state index in [1.54, 1.807) is 24.3 Å². The Hall–Kier alpha value is -2.49. The second-order valence-corrected chi connectivity index (χ2v) is 6.20. The number of nitrogens with one attached hydrogen (secondary N) is 1. The molecule has 0 aliphatic rings. The van der Waals surface area contributed by atoms with E-state index in [1.807, 2.05) is 48.5 Å². The highest BCUT2D eigenvalue weighted by molar-refractivity contribution is 6.42. The Balaban J connectivity index is 1.72. The van der Waals surface area contributed by atoms with Gasteiger partial charge in [-0.15, -0.1) is 0 Å². The summed E-state index contributed by atoms with van der Waals surface area (Å²) in [6.45, 7) is 0. The Morgan fingerprint density at radius 2 is 1.60 bits per heavy atom. The number of ether oxygens (including phenoxy) is 1. The Morgan fingerprint density at radius 3 is 2.36 bits per heavy atom.